The van der Waals surface area contributed by atoms with E-state index < -0.39 is 0 Å². The number of benzene rings is 2. The van der Waals surface area contributed by atoms with Gasteiger partial charge in [0.05, 0.1) is 19.9 Å². The number of allylic oxidation sites excluding steroid dienone is 1. The largest absolute Gasteiger partial charge is 0.495 e. The maximum Gasteiger partial charge on any atom is 0.203 e. The Morgan fingerprint density at radius 2 is 1.79 bits per heavy atom. The zero-order chi connectivity index (χ0) is 21.0. The molecule has 29 heavy (non-hydrogen) atoms. The van der Waals surface area contributed by atoms with Crippen LogP contribution in [0.2, 0.25) is 0 Å². The van der Waals surface area contributed by atoms with Crippen molar-refractivity contribution in [2.45, 2.75) is 13.3 Å². The number of carbonyl (C=O) groups excluding carboxylic acids is 1. The van der Waals surface area contributed by atoms with E-state index in [1.165, 1.54) is 0 Å². The van der Waals surface area contributed by atoms with Crippen LogP contribution in [0, 0.1) is 0 Å². The van der Waals surface area contributed by atoms with Crippen LogP contribution in [0.5, 0.6) is 23.0 Å². The number of carbonyl (C=O) groups is 1. The molecule has 154 valence electrons. The smallest absolute Gasteiger partial charge is 0.203 e. The van der Waals surface area contributed by atoms with Gasteiger partial charge in [0.2, 0.25) is 5.75 Å². The summed E-state index contributed by atoms with van der Waals surface area (Å²) in [6.45, 7) is 2.94. The van der Waals surface area contributed by atoms with E-state index in [-0.39, 0.29) is 5.78 Å². The zero-order valence-electron chi connectivity index (χ0n) is 17.6. The number of hydrogen-bond acceptors (Lipinski definition) is 6. The van der Waals surface area contributed by atoms with Gasteiger partial charge in [0.25, 0.3) is 0 Å². The molecule has 6 heteroatoms. The van der Waals surface area contributed by atoms with Gasteiger partial charge < -0.3 is 23.8 Å². The minimum absolute atomic E-state index is 0.0212. The van der Waals surface area contributed by atoms with Gasteiger partial charge in [0.15, 0.2) is 17.3 Å². The third-order valence-corrected chi connectivity index (χ3v) is 4.79. The zero-order valence-corrected chi connectivity index (χ0v) is 17.6. The molecule has 1 aliphatic heterocycles. The fraction of sp³-hybridized carbons (Fsp3) is 0.348. The van der Waals surface area contributed by atoms with Crippen LogP contribution in [0.4, 0.5) is 5.69 Å². The summed E-state index contributed by atoms with van der Waals surface area (Å²) in [6.07, 6.45) is 2.47. The summed E-state index contributed by atoms with van der Waals surface area (Å²) in [5.41, 5.74) is 3.00. The molecule has 6 nitrogen and oxygen atoms in total. The van der Waals surface area contributed by atoms with E-state index >= 15 is 0 Å². The van der Waals surface area contributed by atoms with Crippen molar-refractivity contribution in [2.24, 2.45) is 0 Å². The molecule has 0 spiro atoms. The second-order valence-corrected chi connectivity index (χ2v) is 6.88. The average molecular weight is 397 g/mol. The first-order valence-electron chi connectivity index (χ1n) is 9.56. The Kier molecular flexibility index (Phi) is 6.32. The molecule has 2 aromatic carbocycles. The summed E-state index contributed by atoms with van der Waals surface area (Å²) < 4.78 is 22.2. The molecule has 1 aliphatic rings. The highest BCUT2D eigenvalue weighted by Gasteiger charge is 2.19. The van der Waals surface area contributed by atoms with Crippen molar-refractivity contribution in [3.8, 4) is 23.0 Å². The number of ketones is 1. The number of Topliss-reactive ketones (excluding diaryl/α,β-unsaturated/α-hetero) is 1. The lowest BCUT2D eigenvalue weighted by Gasteiger charge is -2.21. The van der Waals surface area contributed by atoms with Crippen molar-refractivity contribution in [1.29, 1.82) is 0 Å². The van der Waals surface area contributed by atoms with Crippen molar-refractivity contribution in [2.75, 3.05) is 46.4 Å². The van der Waals surface area contributed by atoms with Crippen molar-refractivity contribution >= 4 is 17.5 Å². The second-order valence-electron chi connectivity index (χ2n) is 6.88. The van der Waals surface area contributed by atoms with E-state index in [1.807, 2.05) is 56.3 Å². The lowest BCUT2D eigenvalue weighted by molar-refractivity contribution is 0.103. The predicted octanol–water partition coefficient (Wildman–Crippen LogP) is 4.22. The van der Waals surface area contributed by atoms with E-state index in [4.69, 9.17) is 18.9 Å². The monoisotopic (exact) mass is 397 g/mol. The molecule has 0 bridgehead atoms. The summed E-state index contributed by atoms with van der Waals surface area (Å²) in [7, 11) is 7.05. The van der Waals surface area contributed by atoms with Gasteiger partial charge in [-0.05, 0) is 48.4 Å². The highest BCUT2D eigenvalue weighted by molar-refractivity contribution is 6.11. The number of methoxy groups -OCH3 is 2. The van der Waals surface area contributed by atoms with Gasteiger partial charge in [0, 0.05) is 25.2 Å². The van der Waals surface area contributed by atoms with Crippen LogP contribution in [0.25, 0.3) is 6.08 Å². The molecule has 1 heterocycles. The SMILES string of the molecule is CCC(=Cc1cc(OC)c2c(c1)OCCO2)C(=O)c1ccc(OC)c(N(C)C)c1. The van der Waals surface area contributed by atoms with Crippen LogP contribution in [0.3, 0.4) is 0 Å². The van der Waals surface area contributed by atoms with Gasteiger partial charge >= 0.3 is 0 Å². The van der Waals surface area contributed by atoms with Crippen molar-refractivity contribution in [3.63, 3.8) is 0 Å². The number of fused-ring (bicyclic) bond motifs is 1. The normalized spacial score (nSPS) is 13.1. The number of anilines is 1. The lowest BCUT2D eigenvalue weighted by Crippen LogP contribution is -2.16. The van der Waals surface area contributed by atoms with Crippen LogP contribution < -0.4 is 23.8 Å². The van der Waals surface area contributed by atoms with Gasteiger partial charge in [-0.3, -0.25) is 4.79 Å². The summed E-state index contributed by atoms with van der Waals surface area (Å²) in [6, 6.07) is 9.20. The Labute approximate surface area is 171 Å². The molecular weight excluding hydrogens is 370 g/mol. The Hall–Kier alpha value is -3.15. The Bertz CT molecular complexity index is 916. The summed E-state index contributed by atoms with van der Waals surface area (Å²) in [5.74, 6) is 2.53. The average Bonchev–Trinajstić information content (AvgIpc) is 2.75. The van der Waals surface area contributed by atoms with Crippen LogP contribution >= 0.6 is 0 Å². The second kappa shape index (κ2) is 8.90. The fourth-order valence-corrected chi connectivity index (χ4v) is 3.27. The van der Waals surface area contributed by atoms with Crippen LogP contribution in [0.1, 0.15) is 29.3 Å². The van der Waals surface area contributed by atoms with E-state index in [9.17, 15) is 4.79 Å². The molecule has 0 unspecified atom stereocenters. The quantitative estimate of drug-likeness (QED) is 0.515. The van der Waals surface area contributed by atoms with Crippen molar-refractivity contribution in [1.82, 2.24) is 0 Å². The molecule has 0 saturated heterocycles. The van der Waals surface area contributed by atoms with Crippen LogP contribution in [-0.4, -0.2) is 47.3 Å². The first-order chi connectivity index (χ1) is 14.0. The molecule has 0 N–H and O–H groups in total. The summed E-state index contributed by atoms with van der Waals surface area (Å²) in [4.78, 5) is 15.1. The fourth-order valence-electron chi connectivity index (χ4n) is 3.27. The van der Waals surface area contributed by atoms with E-state index in [2.05, 4.69) is 0 Å². The topological polar surface area (TPSA) is 57.2 Å². The first-order valence-corrected chi connectivity index (χ1v) is 9.56. The van der Waals surface area contributed by atoms with Crippen LogP contribution in [-0.2, 0) is 0 Å². The third-order valence-electron chi connectivity index (χ3n) is 4.79. The van der Waals surface area contributed by atoms with Crippen LogP contribution in [0.15, 0.2) is 35.9 Å². The molecular formula is C23H27NO5. The van der Waals surface area contributed by atoms with Gasteiger partial charge in [-0.15, -0.1) is 0 Å². The number of hydrogen-bond donors (Lipinski definition) is 0. The van der Waals surface area contributed by atoms with Gasteiger partial charge in [-0.1, -0.05) is 6.92 Å². The molecule has 3 rings (SSSR count). The highest BCUT2D eigenvalue weighted by atomic mass is 16.6. The molecule has 0 fully saturated rings. The maximum absolute atomic E-state index is 13.2. The minimum atomic E-state index is -0.0212. The molecule has 0 aliphatic carbocycles. The number of ether oxygens (including phenoxy) is 4. The van der Waals surface area contributed by atoms with E-state index in [1.54, 1.807) is 20.3 Å². The Morgan fingerprint density at radius 1 is 1.07 bits per heavy atom. The molecule has 0 atom stereocenters. The molecule has 0 amide bonds. The maximum atomic E-state index is 13.2. The minimum Gasteiger partial charge on any atom is -0.495 e. The van der Waals surface area contributed by atoms with Gasteiger partial charge in [-0.2, -0.15) is 0 Å². The van der Waals surface area contributed by atoms with Crippen molar-refractivity contribution in [3.05, 3.63) is 47.0 Å². The molecule has 0 radical (unpaired) electrons. The third kappa shape index (κ3) is 4.31. The summed E-state index contributed by atoms with van der Waals surface area (Å²) >= 11 is 0. The van der Waals surface area contributed by atoms with E-state index in [0.717, 1.165) is 17.0 Å². The molecule has 2 aromatic rings. The highest BCUT2D eigenvalue weighted by Crippen LogP contribution is 2.41. The first kappa shape index (κ1) is 20.6. The van der Waals surface area contributed by atoms with Gasteiger partial charge in [-0.25, -0.2) is 0 Å². The van der Waals surface area contributed by atoms with Gasteiger partial charge in [0.1, 0.15) is 19.0 Å². The molecule has 0 aromatic heterocycles. The Balaban J connectivity index is 1.98. The van der Waals surface area contributed by atoms with Crippen molar-refractivity contribution < 1.29 is 23.7 Å². The standard InChI is InChI=1S/C23H27NO5/c1-6-16(22(25)17-7-8-19(26-4)18(14-17)24(2)3)11-15-12-20(27-5)23-21(13-15)28-9-10-29-23/h7-8,11-14H,6,9-10H2,1-5H3. The number of nitrogens with zero attached hydrogens (tertiary/aromatic N) is 1. The number of rotatable bonds is 7. The lowest BCUT2D eigenvalue weighted by atomic mass is 9.98. The Morgan fingerprint density at radius 3 is 2.45 bits per heavy atom. The predicted molar refractivity (Wildman–Crippen MR) is 114 cm³/mol. The van der Waals surface area contributed by atoms with E-state index in [0.29, 0.717) is 48.0 Å². The molecule has 0 saturated carbocycles. The summed E-state index contributed by atoms with van der Waals surface area (Å²) in [5, 5.41) is 0.